The van der Waals surface area contributed by atoms with Crippen LogP contribution in [0.3, 0.4) is 0 Å². The topological polar surface area (TPSA) is 0 Å². The van der Waals surface area contributed by atoms with Crippen LogP contribution in [0.2, 0.25) is 3.43 Å². The second kappa shape index (κ2) is 11.4. The summed E-state index contributed by atoms with van der Waals surface area (Å²) in [5.74, 6) is 0. The van der Waals surface area contributed by atoms with Crippen LogP contribution in [0.4, 0.5) is 0 Å². The van der Waals surface area contributed by atoms with E-state index in [2.05, 4.69) is 50.5 Å². The van der Waals surface area contributed by atoms with Crippen LogP contribution in [0.1, 0.15) is 78.6 Å². The zero-order chi connectivity index (χ0) is 15.6. The van der Waals surface area contributed by atoms with Crippen molar-refractivity contribution in [3.63, 3.8) is 0 Å². The number of hydrogen-bond acceptors (Lipinski definition) is 2. The first-order chi connectivity index (χ1) is 10.2. The SMILES string of the molecule is CCCC[C](CCCC)(CCCC)[Sn][c]1ccc(SC)s1. The summed E-state index contributed by atoms with van der Waals surface area (Å²) >= 11 is 3.54. The van der Waals surface area contributed by atoms with Gasteiger partial charge in [-0.15, -0.1) is 0 Å². The van der Waals surface area contributed by atoms with E-state index in [0.29, 0.717) is 0 Å². The molecular formula is C18H32S2Sn. The Bertz CT molecular complexity index is 351. The molecule has 0 nitrogen and oxygen atoms in total. The quantitative estimate of drug-likeness (QED) is 0.268. The first kappa shape index (κ1) is 19.9. The van der Waals surface area contributed by atoms with Crippen LogP contribution in [0.5, 0.6) is 0 Å². The molecule has 1 aromatic rings. The summed E-state index contributed by atoms with van der Waals surface area (Å²) < 4.78 is 4.04. The van der Waals surface area contributed by atoms with Crippen molar-refractivity contribution in [2.45, 2.75) is 86.2 Å². The zero-order valence-electron chi connectivity index (χ0n) is 14.3. The summed E-state index contributed by atoms with van der Waals surface area (Å²) in [6.07, 6.45) is 15.1. The molecule has 2 radical (unpaired) electrons. The van der Waals surface area contributed by atoms with Gasteiger partial charge < -0.3 is 0 Å². The molecule has 120 valence electrons. The van der Waals surface area contributed by atoms with Crippen LogP contribution in [0.15, 0.2) is 16.3 Å². The van der Waals surface area contributed by atoms with E-state index < -0.39 is 21.1 Å². The van der Waals surface area contributed by atoms with Gasteiger partial charge in [0.25, 0.3) is 0 Å². The number of unbranched alkanes of at least 4 members (excludes halogenated alkanes) is 3. The maximum atomic E-state index is 2.46. The van der Waals surface area contributed by atoms with Crippen molar-refractivity contribution in [2.75, 3.05) is 6.26 Å². The number of hydrogen-bond donors (Lipinski definition) is 0. The Hall–Kier alpha value is 0.849. The molecule has 0 aromatic carbocycles. The van der Waals surface area contributed by atoms with Crippen LogP contribution in [0.25, 0.3) is 0 Å². The van der Waals surface area contributed by atoms with Gasteiger partial charge in [0, 0.05) is 0 Å². The van der Waals surface area contributed by atoms with Gasteiger partial charge in [-0.2, -0.15) is 0 Å². The fourth-order valence-electron chi connectivity index (χ4n) is 2.87. The van der Waals surface area contributed by atoms with Gasteiger partial charge >= 0.3 is 152 Å². The first-order valence-electron chi connectivity index (χ1n) is 8.61. The molecule has 21 heavy (non-hydrogen) atoms. The van der Waals surface area contributed by atoms with Gasteiger partial charge in [-0.05, 0) is 0 Å². The molecule has 0 amide bonds. The molecule has 0 bridgehead atoms. The van der Waals surface area contributed by atoms with E-state index in [1.807, 2.05) is 11.8 Å². The Morgan fingerprint density at radius 3 is 1.86 bits per heavy atom. The Kier molecular flexibility index (Phi) is 10.8. The first-order valence-corrected chi connectivity index (χ1v) is 13.5. The van der Waals surface area contributed by atoms with Crippen molar-refractivity contribution in [1.82, 2.24) is 0 Å². The molecular weight excluding hydrogens is 399 g/mol. The van der Waals surface area contributed by atoms with Gasteiger partial charge in [-0.25, -0.2) is 0 Å². The predicted molar refractivity (Wildman–Crippen MR) is 103 cm³/mol. The molecule has 0 aliphatic heterocycles. The molecule has 1 aromatic heterocycles. The van der Waals surface area contributed by atoms with E-state index in [1.165, 1.54) is 62.0 Å². The summed E-state index contributed by atoms with van der Waals surface area (Å²) in [5, 5.41) is 0. The Balaban J connectivity index is 2.83. The maximum absolute atomic E-state index is 2.46. The van der Waals surface area contributed by atoms with E-state index in [9.17, 15) is 0 Å². The summed E-state index contributed by atoms with van der Waals surface area (Å²) in [4.78, 5) is 0. The third kappa shape index (κ3) is 7.30. The Morgan fingerprint density at radius 2 is 1.48 bits per heavy atom. The number of thiophene rings is 1. The van der Waals surface area contributed by atoms with Crippen molar-refractivity contribution in [1.29, 1.82) is 0 Å². The second-order valence-electron chi connectivity index (χ2n) is 6.04. The fraction of sp³-hybridized carbons (Fsp3) is 0.778. The van der Waals surface area contributed by atoms with E-state index in [1.54, 1.807) is 2.89 Å². The predicted octanol–water partition coefficient (Wildman–Crippen LogP) is 6.53. The van der Waals surface area contributed by atoms with Crippen molar-refractivity contribution >= 4 is 47.1 Å². The monoisotopic (exact) mass is 432 g/mol. The van der Waals surface area contributed by atoms with Crippen molar-refractivity contribution in [3.8, 4) is 0 Å². The molecule has 0 fully saturated rings. The Morgan fingerprint density at radius 1 is 0.952 bits per heavy atom. The second-order valence-corrected chi connectivity index (χ2v) is 14.5. The normalized spacial score (nSPS) is 12.0. The van der Waals surface area contributed by atoms with Crippen LogP contribution in [0, 0.1) is 0 Å². The van der Waals surface area contributed by atoms with Gasteiger partial charge in [-0.1, -0.05) is 0 Å². The minimum absolute atomic E-state index is 0.477. The average molecular weight is 431 g/mol. The van der Waals surface area contributed by atoms with E-state index in [0.717, 1.165) is 3.43 Å². The van der Waals surface area contributed by atoms with Crippen LogP contribution in [-0.2, 0) is 0 Å². The zero-order valence-corrected chi connectivity index (χ0v) is 18.8. The van der Waals surface area contributed by atoms with Crippen molar-refractivity contribution < 1.29 is 0 Å². The molecule has 0 saturated heterocycles. The van der Waals surface area contributed by atoms with E-state index in [-0.39, 0.29) is 0 Å². The van der Waals surface area contributed by atoms with Crippen molar-refractivity contribution in [3.05, 3.63) is 12.1 Å². The van der Waals surface area contributed by atoms with Gasteiger partial charge in [0.1, 0.15) is 0 Å². The van der Waals surface area contributed by atoms with Crippen LogP contribution < -0.4 is 2.89 Å². The summed E-state index contributed by atoms with van der Waals surface area (Å²) in [5.41, 5.74) is 0. The molecule has 3 heteroatoms. The standard InChI is InChI=1S/C13H27.C5H5S2.Sn/c1-4-7-10-13(11-8-5-2)12-9-6-3;1-6-5-3-2-4-7-5;/h4-12H2,1-3H3;2-3H,1H3;. The summed E-state index contributed by atoms with van der Waals surface area (Å²) in [7, 11) is 0. The number of rotatable bonds is 12. The molecule has 0 spiro atoms. The third-order valence-electron chi connectivity index (χ3n) is 4.20. The van der Waals surface area contributed by atoms with Crippen LogP contribution >= 0.6 is 23.1 Å². The minimum atomic E-state index is -0.477. The van der Waals surface area contributed by atoms with Gasteiger partial charge in [0.15, 0.2) is 0 Å². The van der Waals surface area contributed by atoms with Crippen LogP contribution in [-0.4, -0.2) is 27.4 Å². The van der Waals surface area contributed by atoms with Gasteiger partial charge in [0.2, 0.25) is 0 Å². The van der Waals surface area contributed by atoms with E-state index in [4.69, 9.17) is 0 Å². The van der Waals surface area contributed by atoms with Gasteiger partial charge in [-0.3, -0.25) is 0 Å². The molecule has 0 aliphatic rings. The Labute approximate surface area is 151 Å². The molecule has 0 atom stereocenters. The average Bonchev–Trinajstić information content (AvgIpc) is 2.96. The van der Waals surface area contributed by atoms with Crippen molar-refractivity contribution in [2.24, 2.45) is 0 Å². The fourth-order valence-corrected chi connectivity index (χ4v) is 12.2. The molecule has 1 heterocycles. The molecule has 0 N–H and O–H groups in total. The molecule has 0 unspecified atom stereocenters. The number of thioether (sulfide) groups is 1. The van der Waals surface area contributed by atoms with E-state index >= 15 is 0 Å². The molecule has 1 rings (SSSR count). The summed E-state index contributed by atoms with van der Waals surface area (Å²) in [6.45, 7) is 7.06. The molecule has 0 saturated carbocycles. The third-order valence-corrected chi connectivity index (χ3v) is 12.6. The van der Waals surface area contributed by atoms with Gasteiger partial charge in [0.05, 0.1) is 0 Å². The molecule has 0 aliphatic carbocycles. The summed E-state index contributed by atoms with van der Waals surface area (Å²) in [6, 6.07) is 4.82.